The minimum Gasteiger partial charge on any atom is -0.395 e. The van der Waals surface area contributed by atoms with Crippen LogP contribution in [-0.2, 0) is 4.74 Å². The van der Waals surface area contributed by atoms with Crippen LogP contribution in [0.15, 0.2) is 16.8 Å². The molecule has 0 bridgehead atoms. The second kappa shape index (κ2) is 6.26. The molecule has 0 spiro atoms. The Morgan fingerprint density at radius 2 is 2.15 bits per heavy atom. The lowest BCUT2D eigenvalue weighted by Gasteiger charge is -2.23. The summed E-state index contributed by atoms with van der Waals surface area (Å²) in [4.78, 5) is 12.2. The molecular weight excluding hydrogens is 268 g/mol. The molecule has 0 saturated heterocycles. The van der Waals surface area contributed by atoms with Gasteiger partial charge in [0.25, 0.3) is 0 Å². The van der Waals surface area contributed by atoms with Crippen LogP contribution in [-0.4, -0.2) is 53.8 Å². The first-order chi connectivity index (χ1) is 9.69. The second-order valence-electron chi connectivity index (χ2n) is 4.03. The first-order valence-electron chi connectivity index (χ1n) is 5.93. The molecule has 0 aliphatic rings. The summed E-state index contributed by atoms with van der Waals surface area (Å²) in [6.45, 7) is 1.25. The Morgan fingerprint density at radius 3 is 2.80 bits per heavy atom. The molecule has 108 valence electrons. The van der Waals surface area contributed by atoms with Crippen molar-refractivity contribution in [2.75, 3.05) is 38.3 Å². The van der Waals surface area contributed by atoms with Crippen molar-refractivity contribution >= 4 is 22.4 Å². The molecule has 0 aliphatic carbocycles. The number of aliphatic hydroxyl groups excluding tert-OH is 1. The minimum absolute atomic E-state index is 0.0620. The van der Waals surface area contributed by atoms with Gasteiger partial charge >= 0.3 is 5.69 Å². The summed E-state index contributed by atoms with van der Waals surface area (Å²) in [5, 5.41) is 27.3. The number of non-ortho nitro benzene ring substituents is 1. The third-order valence-corrected chi connectivity index (χ3v) is 2.85. The predicted octanol–water partition coefficient (Wildman–Crippen LogP) is 0.576. The van der Waals surface area contributed by atoms with Crippen LogP contribution in [0, 0.1) is 10.1 Å². The molecule has 9 nitrogen and oxygen atoms in total. The summed E-state index contributed by atoms with van der Waals surface area (Å²) in [6, 6.07) is 2.91. The minimum atomic E-state index is -0.540. The number of anilines is 1. The van der Waals surface area contributed by atoms with Crippen LogP contribution in [0.3, 0.4) is 0 Å². The largest absolute Gasteiger partial charge is 0.395 e. The van der Waals surface area contributed by atoms with E-state index >= 15 is 0 Å². The van der Waals surface area contributed by atoms with Gasteiger partial charge in [-0.05, 0) is 16.4 Å². The average Bonchev–Trinajstić information content (AvgIpc) is 2.91. The molecule has 0 saturated carbocycles. The first-order valence-corrected chi connectivity index (χ1v) is 5.93. The summed E-state index contributed by atoms with van der Waals surface area (Å²) in [7, 11) is 1.57. The van der Waals surface area contributed by atoms with E-state index in [-0.39, 0.29) is 17.8 Å². The fraction of sp³-hybridized carbons (Fsp3) is 0.455. The van der Waals surface area contributed by atoms with Gasteiger partial charge in [-0.25, -0.2) is 4.63 Å². The maximum atomic E-state index is 10.9. The van der Waals surface area contributed by atoms with E-state index in [1.807, 2.05) is 0 Å². The van der Waals surface area contributed by atoms with Crippen LogP contribution in [0.5, 0.6) is 0 Å². The number of rotatable bonds is 7. The van der Waals surface area contributed by atoms with Gasteiger partial charge in [-0.2, -0.15) is 0 Å². The Kier molecular flexibility index (Phi) is 4.43. The Hall–Kier alpha value is -2.26. The van der Waals surface area contributed by atoms with Crippen LogP contribution in [0.25, 0.3) is 11.0 Å². The molecule has 0 amide bonds. The van der Waals surface area contributed by atoms with Gasteiger partial charge in [0, 0.05) is 26.3 Å². The number of fused-ring (bicyclic) bond motifs is 1. The maximum absolute atomic E-state index is 10.9. The zero-order chi connectivity index (χ0) is 14.5. The molecule has 1 heterocycles. The van der Waals surface area contributed by atoms with E-state index in [1.54, 1.807) is 18.1 Å². The molecule has 0 fully saturated rings. The molecule has 0 radical (unpaired) electrons. The van der Waals surface area contributed by atoms with Crippen molar-refractivity contribution < 1.29 is 19.4 Å². The standard InChI is InChI=1S/C11H14N4O5/c1-19-7-5-14(4-6-16)8-2-3-9(15(17)18)11-10(8)12-20-13-11/h2-3,16H,4-7H2,1H3. The highest BCUT2D eigenvalue weighted by Gasteiger charge is 2.22. The highest BCUT2D eigenvalue weighted by atomic mass is 16.6. The van der Waals surface area contributed by atoms with Crippen LogP contribution < -0.4 is 4.90 Å². The number of aromatic nitrogens is 2. The van der Waals surface area contributed by atoms with E-state index in [2.05, 4.69) is 14.9 Å². The molecule has 0 atom stereocenters. The van der Waals surface area contributed by atoms with Crippen LogP contribution in [0.2, 0.25) is 0 Å². The molecular formula is C11H14N4O5. The van der Waals surface area contributed by atoms with Crippen LogP contribution >= 0.6 is 0 Å². The topological polar surface area (TPSA) is 115 Å². The zero-order valence-corrected chi connectivity index (χ0v) is 10.9. The first kappa shape index (κ1) is 14.2. The van der Waals surface area contributed by atoms with E-state index in [0.717, 1.165) is 0 Å². The molecule has 1 aromatic carbocycles. The van der Waals surface area contributed by atoms with Crippen molar-refractivity contribution in [2.45, 2.75) is 0 Å². The van der Waals surface area contributed by atoms with Gasteiger partial charge in [-0.15, -0.1) is 0 Å². The molecule has 0 aliphatic heterocycles. The molecule has 1 aromatic heterocycles. The van der Waals surface area contributed by atoms with E-state index in [0.29, 0.717) is 30.9 Å². The molecule has 1 N–H and O–H groups in total. The highest BCUT2D eigenvalue weighted by molar-refractivity contribution is 5.93. The third kappa shape index (κ3) is 2.68. The Bertz CT molecular complexity index is 600. The third-order valence-electron chi connectivity index (χ3n) is 2.85. The lowest BCUT2D eigenvalue weighted by atomic mass is 10.2. The SMILES string of the molecule is COCCN(CCO)c1ccc([N+](=O)[O-])c2nonc12. The summed E-state index contributed by atoms with van der Waals surface area (Å²) < 4.78 is 9.61. The number of aliphatic hydroxyl groups is 1. The molecule has 9 heteroatoms. The van der Waals surface area contributed by atoms with Crippen molar-refractivity contribution in [2.24, 2.45) is 0 Å². The number of hydrogen-bond donors (Lipinski definition) is 1. The number of methoxy groups -OCH3 is 1. The van der Waals surface area contributed by atoms with Gasteiger partial charge in [0.1, 0.15) is 0 Å². The molecule has 2 rings (SSSR count). The van der Waals surface area contributed by atoms with E-state index in [4.69, 9.17) is 9.84 Å². The number of nitro groups is 1. The van der Waals surface area contributed by atoms with Crippen molar-refractivity contribution in [1.82, 2.24) is 10.3 Å². The van der Waals surface area contributed by atoms with Crippen molar-refractivity contribution in [3.63, 3.8) is 0 Å². The Balaban J connectivity index is 2.45. The average molecular weight is 282 g/mol. The number of hydrogen-bond acceptors (Lipinski definition) is 8. The molecule has 0 unspecified atom stereocenters. The summed E-state index contributed by atoms with van der Waals surface area (Å²) in [5.74, 6) is 0. The maximum Gasteiger partial charge on any atom is 0.300 e. The van der Waals surface area contributed by atoms with Gasteiger partial charge in [-0.1, -0.05) is 0 Å². The van der Waals surface area contributed by atoms with E-state index in [9.17, 15) is 10.1 Å². The molecule has 20 heavy (non-hydrogen) atoms. The van der Waals surface area contributed by atoms with Crippen LogP contribution in [0.1, 0.15) is 0 Å². The summed E-state index contributed by atoms with van der Waals surface area (Å²) in [6.07, 6.45) is 0. The predicted molar refractivity (Wildman–Crippen MR) is 69.6 cm³/mol. The molecule has 2 aromatic rings. The lowest BCUT2D eigenvalue weighted by Crippen LogP contribution is -2.30. The van der Waals surface area contributed by atoms with Crippen LogP contribution in [0.4, 0.5) is 11.4 Å². The summed E-state index contributed by atoms with van der Waals surface area (Å²) >= 11 is 0. The van der Waals surface area contributed by atoms with Gasteiger partial charge < -0.3 is 14.7 Å². The zero-order valence-electron chi connectivity index (χ0n) is 10.9. The lowest BCUT2D eigenvalue weighted by molar-refractivity contribution is -0.383. The fourth-order valence-electron chi connectivity index (χ4n) is 1.92. The van der Waals surface area contributed by atoms with Gasteiger partial charge in [0.15, 0.2) is 5.52 Å². The van der Waals surface area contributed by atoms with E-state index in [1.165, 1.54) is 6.07 Å². The monoisotopic (exact) mass is 282 g/mol. The number of ether oxygens (including phenoxy) is 1. The van der Waals surface area contributed by atoms with Gasteiger partial charge in [0.05, 0.1) is 23.8 Å². The number of nitrogens with zero attached hydrogens (tertiary/aromatic N) is 4. The van der Waals surface area contributed by atoms with Gasteiger partial charge in [0.2, 0.25) is 5.52 Å². The van der Waals surface area contributed by atoms with Crippen molar-refractivity contribution in [1.29, 1.82) is 0 Å². The smallest absolute Gasteiger partial charge is 0.300 e. The van der Waals surface area contributed by atoms with Crippen molar-refractivity contribution in [3.05, 3.63) is 22.2 Å². The quantitative estimate of drug-likeness (QED) is 0.579. The fourth-order valence-corrected chi connectivity index (χ4v) is 1.92. The Labute approximate surface area is 113 Å². The number of benzene rings is 1. The van der Waals surface area contributed by atoms with Crippen molar-refractivity contribution in [3.8, 4) is 0 Å². The van der Waals surface area contributed by atoms with E-state index < -0.39 is 4.92 Å². The summed E-state index contributed by atoms with van der Waals surface area (Å²) in [5.41, 5.74) is 0.829. The number of nitro benzene ring substituents is 1. The highest BCUT2D eigenvalue weighted by Crippen LogP contribution is 2.30. The normalized spacial score (nSPS) is 10.9. The van der Waals surface area contributed by atoms with Gasteiger partial charge in [-0.3, -0.25) is 10.1 Å². The Morgan fingerprint density at radius 1 is 1.40 bits per heavy atom. The second-order valence-corrected chi connectivity index (χ2v) is 4.03.